The van der Waals surface area contributed by atoms with Crippen LogP contribution in [-0.2, 0) is 7.05 Å². The highest BCUT2D eigenvalue weighted by Gasteiger charge is 2.39. The lowest BCUT2D eigenvalue weighted by Crippen LogP contribution is -2.40. The molecular weight excluding hydrogens is 268 g/mol. The molecule has 1 unspecified atom stereocenters. The minimum absolute atomic E-state index is 0.164. The largest absolute Gasteiger partial charge is 0.271 e. The van der Waals surface area contributed by atoms with Crippen LogP contribution in [0, 0.1) is 5.41 Å². The first-order chi connectivity index (χ1) is 7.58. The molecule has 5 heteroatoms. The number of hydrogen-bond donors (Lipinski definition) is 2. The third-order valence-electron chi connectivity index (χ3n) is 3.82. The van der Waals surface area contributed by atoms with Gasteiger partial charge in [-0.2, -0.15) is 5.10 Å². The van der Waals surface area contributed by atoms with Gasteiger partial charge in [-0.1, -0.05) is 19.8 Å². The topological polar surface area (TPSA) is 55.9 Å². The minimum Gasteiger partial charge on any atom is -0.271 e. The monoisotopic (exact) mass is 286 g/mol. The molecule has 0 aromatic carbocycles. The van der Waals surface area contributed by atoms with Crippen LogP contribution >= 0.6 is 15.9 Å². The van der Waals surface area contributed by atoms with Gasteiger partial charge in [0, 0.05) is 7.05 Å². The molecule has 2 rings (SSSR count). The Morgan fingerprint density at radius 3 is 2.62 bits per heavy atom. The molecule has 1 heterocycles. The number of aryl methyl sites for hydroxylation is 1. The van der Waals surface area contributed by atoms with Crippen molar-refractivity contribution in [3.8, 4) is 0 Å². The molecule has 1 atom stereocenters. The summed E-state index contributed by atoms with van der Waals surface area (Å²) in [4.78, 5) is 0. The molecule has 0 radical (unpaired) electrons. The van der Waals surface area contributed by atoms with Crippen molar-refractivity contribution in [2.24, 2.45) is 18.3 Å². The lowest BCUT2D eigenvalue weighted by molar-refractivity contribution is 0.215. The second kappa shape index (κ2) is 4.47. The molecule has 16 heavy (non-hydrogen) atoms. The van der Waals surface area contributed by atoms with Crippen molar-refractivity contribution in [1.82, 2.24) is 15.2 Å². The summed E-state index contributed by atoms with van der Waals surface area (Å²) in [5.74, 6) is 5.75. The maximum Gasteiger partial charge on any atom is 0.0711 e. The van der Waals surface area contributed by atoms with Crippen LogP contribution in [0.4, 0.5) is 0 Å². The fraction of sp³-hybridized carbons (Fsp3) is 0.727. The Kier molecular flexibility index (Phi) is 3.37. The van der Waals surface area contributed by atoms with Crippen LogP contribution in [0.2, 0.25) is 0 Å². The van der Waals surface area contributed by atoms with Gasteiger partial charge in [-0.3, -0.25) is 16.0 Å². The number of nitrogens with zero attached hydrogens (tertiary/aromatic N) is 2. The van der Waals surface area contributed by atoms with Crippen LogP contribution in [0.25, 0.3) is 0 Å². The summed E-state index contributed by atoms with van der Waals surface area (Å²) in [5, 5.41) is 4.26. The highest BCUT2D eigenvalue weighted by atomic mass is 79.9. The Morgan fingerprint density at radius 1 is 1.56 bits per heavy atom. The second-order valence-corrected chi connectivity index (χ2v) is 5.82. The number of halogens is 1. The van der Waals surface area contributed by atoms with E-state index in [1.54, 1.807) is 0 Å². The van der Waals surface area contributed by atoms with Crippen molar-refractivity contribution in [2.75, 3.05) is 0 Å². The first kappa shape index (κ1) is 12.1. The van der Waals surface area contributed by atoms with Gasteiger partial charge in [0.05, 0.1) is 22.4 Å². The quantitative estimate of drug-likeness (QED) is 0.662. The van der Waals surface area contributed by atoms with Gasteiger partial charge < -0.3 is 0 Å². The molecule has 0 spiro atoms. The van der Waals surface area contributed by atoms with Gasteiger partial charge in [-0.25, -0.2) is 0 Å². The van der Waals surface area contributed by atoms with Gasteiger partial charge in [-0.05, 0) is 34.2 Å². The zero-order valence-corrected chi connectivity index (χ0v) is 11.4. The highest BCUT2D eigenvalue weighted by Crippen LogP contribution is 2.47. The summed E-state index contributed by atoms with van der Waals surface area (Å²) in [5.41, 5.74) is 4.36. The maximum absolute atomic E-state index is 5.75. The van der Waals surface area contributed by atoms with Gasteiger partial charge >= 0.3 is 0 Å². The van der Waals surface area contributed by atoms with E-state index in [1.165, 1.54) is 25.7 Å². The van der Waals surface area contributed by atoms with Crippen molar-refractivity contribution in [3.05, 3.63) is 16.4 Å². The number of aromatic nitrogens is 2. The molecule has 0 saturated heterocycles. The summed E-state index contributed by atoms with van der Waals surface area (Å²) < 4.78 is 2.93. The molecule has 90 valence electrons. The molecule has 3 N–H and O–H groups in total. The summed E-state index contributed by atoms with van der Waals surface area (Å²) in [6, 6.07) is 0.164. The number of nitrogens with one attached hydrogen (secondary N) is 1. The first-order valence-electron chi connectivity index (χ1n) is 5.72. The Morgan fingerprint density at radius 2 is 2.19 bits per heavy atom. The maximum atomic E-state index is 5.75. The van der Waals surface area contributed by atoms with E-state index in [1.807, 2.05) is 17.9 Å². The SMILES string of the molecule is Cn1ncc(Br)c1C(NN)C1(C)CCCC1. The van der Waals surface area contributed by atoms with Gasteiger partial charge in [0.1, 0.15) is 0 Å². The first-order valence-corrected chi connectivity index (χ1v) is 6.51. The number of rotatable bonds is 3. The smallest absolute Gasteiger partial charge is 0.0711 e. The average molecular weight is 287 g/mol. The van der Waals surface area contributed by atoms with E-state index in [0.717, 1.165) is 10.2 Å². The van der Waals surface area contributed by atoms with E-state index in [2.05, 4.69) is 33.4 Å². The molecule has 4 nitrogen and oxygen atoms in total. The standard InChI is InChI=1S/C11H19BrN4/c1-11(5-3-4-6-11)10(15-13)9-8(12)7-14-16(9)2/h7,10,15H,3-6,13H2,1-2H3. The third-order valence-corrected chi connectivity index (χ3v) is 4.43. The van der Waals surface area contributed by atoms with Crippen molar-refractivity contribution in [3.63, 3.8) is 0 Å². The van der Waals surface area contributed by atoms with Crippen LogP contribution in [0.15, 0.2) is 10.7 Å². The van der Waals surface area contributed by atoms with Crippen molar-refractivity contribution >= 4 is 15.9 Å². The van der Waals surface area contributed by atoms with E-state index in [-0.39, 0.29) is 11.5 Å². The minimum atomic E-state index is 0.164. The Balaban J connectivity index is 2.36. The Labute approximate surface area is 105 Å². The van der Waals surface area contributed by atoms with E-state index in [9.17, 15) is 0 Å². The van der Waals surface area contributed by atoms with Crippen LogP contribution in [0.5, 0.6) is 0 Å². The van der Waals surface area contributed by atoms with Crippen LogP contribution in [-0.4, -0.2) is 9.78 Å². The normalized spacial score (nSPS) is 21.2. The van der Waals surface area contributed by atoms with E-state index < -0.39 is 0 Å². The van der Waals surface area contributed by atoms with Crippen molar-refractivity contribution in [2.45, 2.75) is 38.6 Å². The Hall–Kier alpha value is -0.390. The molecule has 1 aliphatic rings. The molecule has 1 aromatic rings. The fourth-order valence-electron chi connectivity index (χ4n) is 2.83. The molecule has 1 aromatic heterocycles. The highest BCUT2D eigenvalue weighted by molar-refractivity contribution is 9.10. The molecule has 0 aliphatic heterocycles. The molecule has 1 aliphatic carbocycles. The van der Waals surface area contributed by atoms with Crippen molar-refractivity contribution < 1.29 is 0 Å². The number of hydrogen-bond acceptors (Lipinski definition) is 3. The summed E-state index contributed by atoms with van der Waals surface area (Å²) in [6.45, 7) is 2.31. The Bertz CT molecular complexity index is 349. The number of nitrogens with two attached hydrogens (primary N) is 1. The molecule has 0 bridgehead atoms. The lowest BCUT2D eigenvalue weighted by Gasteiger charge is -2.33. The van der Waals surface area contributed by atoms with E-state index >= 15 is 0 Å². The summed E-state index contributed by atoms with van der Waals surface area (Å²) in [6.07, 6.45) is 6.87. The van der Waals surface area contributed by atoms with Gasteiger partial charge in [-0.15, -0.1) is 0 Å². The predicted octanol–water partition coefficient (Wildman–Crippen LogP) is 2.27. The second-order valence-electron chi connectivity index (χ2n) is 4.96. The zero-order chi connectivity index (χ0) is 11.8. The van der Waals surface area contributed by atoms with Gasteiger partial charge in [0.2, 0.25) is 0 Å². The molecular formula is C11H19BrN4. The van der Waals surface area contributed by atoms with Gasteiger partial charge in [0.15, 0.2) is 0 Å². The van der Waals surface area contributed by atoms with Crippen molar-refractivity contribution in [1.29, 1.82) is 0 Å². The predicted molar refractivity (Wildman–Crippen MR) is 67.5 cm³/mol. The zero-order valence-electron chi connectivity index (χ0n) is 9.83. The average Bonchev–Trinajstić information content (AvgIpc) is 2.80. The number of hydrazine groups is 1. The molecule has 1 fully saturated rings. The molecule has 1 saturated carbocycles. The van der Waals surface area contributed by atoms with E-state index in [4.69, 9.17) is 5.84 Å². The molecule has 0 amide bonds. The third kappa shape index (κ3) is 1.92. The lowest BCUT2D eigenvalue weighted by atomic mass is 9.79. The van der Waals surface area contributed by atoms with Crippen LogP contribution in [0.1, 0.15) is 44.3 Å². The summed E-state index contributed by atoms with van der Waals surface area (Å²) >= 11 is 3.55. The fourth-order valence-corrected chi connectivity index (χ4v) is 3.40. The summed E-state index contributed by atoms with van der Waals surface area (Å²) in [7, 11) is 1.96. The van der Waals surface area contributed by atoms with Crippen LogP contribution in [0.3, 0.4) is 0 Å². The van der Waals surface area contributed by atoms with Gasteiger partial charge in [0.25, 0.3) is 0 Å². The van der Waals surface area contributed by atoms with Crippen LogP contribution < -0.4 is 11.3 Å². The van der Waals surface area contributed by atoms with E-state index in [0.29, 0.717) is 0 Å².